The van der Waals surface area contributed by atoms with Crippen molar-refractivity contribution in [2.24, 2.45) is 0 Å². The summed E-state index contributed by atoms with van der Waals surface area (Å²) >= 11 is 0. The van der Waals surface area contributed by atoms with Crippen molar-refractivity contribution in [1.29, 1.82) is 0 Å². The van der Waals surface area contributed by atoms with Gasteiger partial charge in [-0.2, -0.15) is 13.2 Å². The second-order valence-electron chi connectivity index (χ2n) is 6.38. The van der Waals surface area contributed by atoms with Crippen LogP contribution in [0.25, 0.3) is 11.3 Å². The number of hydrogen-bond acceptors (Lipinski definition) is 5. The lowest BCUT2D eigenvalue weighted by molar-refractivity contribution is -0.137. The number of methoxy groups -OCH3 is 1. The Balaban J connectivity index is 2.33. The maximum absolute atomic E-state index is 13.0. The van der Waals surface area contributed by atoms with E-state index >= 15 is 0 Å². The number of alkyl halides is 3. The maximum Gasteiger partial charge on any atom is 0.416 e. The Morgan fingerprint density at radius 3 is 2.46 bits per heavy atom. The van der Waals surface area contributed by atoms with E-state index in [-0.39, 0.29) is 5.75 Å². The first-order valence-electron chi connectivity index (χ1n) is 9.26. The second kappa shape index (κ2) is 9.61. The van der Waals surface area contributed by atoms with E-state index in [1.165, 1.54) is 13.2 Å². The molecule has 0 aliphatic rings. The fraction of sp³-hybridized carbons (Fsp3) is 0.500. The Bertz CT molecular complexity index is 795. The van der Waals surface area contributed by atoms with Crippen LogP contribution in [0, 0.1) is 6.92 Å². The monoisotopic (exact) mass is 397 g/mol. The molecule has 2 rings (SSSR count). The van der Waals surface area contributed by atoms with E-state index in [1.807, 2.05) is 0 Å². The molecule has 0 atom stereocenters. The van der Waals surface area contributed by atoms with Crippen molar-refractivity contribution in [3.63, 3.8) is 0 Å². The number of anilines is 1. The minimum atomic E-state index is -4.45. The molecule has 1 N–H and O–H groups in total. The molecular weight excluding hydrogens is 371 g/mol. The predicted molar refractivity (Wildman–Crippen MR) is 103 cm³/mol. The number of unbranched alkanes of at least 4 members (excludes halogenated alkanes) is 3. The first kappa shape index (κ1) is 21.8. The average Bonchev–Trinajstić information content (AvgIpc) is 2.67. The zero-order valence-electron chi connectivity index (χ0n) is 16.6. The molecule has 1 aromatic carbocycles. The van der Waals surface area contributed by atoms with Crippen LogP contribution in [0.3, 0.4) is 0 Å². The summed E-state index contributed by atoms with van der Waals surface area (Å²) in [5.74, 6) is 0.895. The lowest BCUT2D eigenvalue weighted by Gasteiger charge is -2.16. The van der Waals surface area contributed by atoms with E-state index in [1.54, 1.807) is 14.0 Å². The highest BCUT2D eigenvalue weighted by atomic mass is 19.4. The van der Waals surface area contributed by atoms with Gasteiger partial charge >= 0.3 is 6.18 Å². The number of hydrogen-bond donors (Lipinski definition) is 1. The normalized spacial score (nSPS) is 11.4. The molecule has 0 aliphatic heterocycles. The third-order valence-electron chi connectivity index (χ3n) is 4.30. The molecule has 0 unspecified atom stereocenters. The van der Waals surface area contributed by atoms with Crippen molar-refractivity contribution in [1.82, 2.24) is 9.97 Å². The molecule has 8 heteroatoms. The van der Waals surface area contributed by atoms with Gasteiger partial charge in [0.15, 0.2) is 5.82 Å². The highest BCUT2D eigenvalue weighted by molar-refractivity contribution is 5.71. The number of ether oxygens (including phenoxy) is 2. The number of nitrogens with one attached hydrogen (secondary N) is 1. The first-order valence-corrected chi connectivity index (χ1v) is 9.26. The topological polar surface area (TPSA) is 56.3 Å². The molecule has 0 spiro atoms. The summed E-state index contributed by atoms with van der Waals surface area (Å²) in [5, 5.41) is 2.94. The van der Waals surface area contributed by atoms with Gasteiger partial charge in [0.1, 0.15) is 5.75 Å². The van der Waals surface area contributed by atoms with E-state index in [0.717, 1.165) is 37.8 Å². The molecule has 0 amide bonds. The van der Waals surface area contributed by atoms with Crippen LogP contribution < -0.4 is 14.8 Å². The third kappa shape index (κ3) is 5.27. The number of aromatic nitrogens is 2. The van der Waals surface area contributed by atoms with Gasteiger partial charge < -0.3 is 14.8 Å². The molecule has 0 saturated heterocycles. The summed E-state index contributed by atoms with van der Waals surface area (Å²) in [6, 6.07) is 3.33. The smallest absolute Gasteiger partial charge is 0.416 e. The average molecular weight is 397 g/mol. The number of nitrogens with zero attached hydrogens (tertiary/aromatic N) is 2. The first-order chi connectivity index (χ1) is 13.3. The third-order valence-corrected chi connectivity index (χ3v) is 4.30. The van der Waals surface area contributed by atoms with Crippen LogP contribution in [0.2, 0.25) is 0 Å². The van der Waals surface area contributed by atoms with Crippen molar-refractivity contribution in [2.75, 3.05) is 26.1 Å². The summed E-state index contributed by atoms with van der Waals surface area (Å²) in [5.41, 5.74) is 0.639. The molecule has 0 saturated carbocycles. The Morgan fingerprint density at radius 1 is 1.11 bits per heavy atom. The van der Waals surface area contributed by atoms with Gasteiger partial charge in [-0.05, 0) is 31.5 Å². The summed E-state index contributed by atoms with van der Waals surface area (Å²) in [6.07, 6.45) is -0.146. The van der Waals surface area contributed by atoms with Crippen LogP contribution in [0.1, 0.15) is 43.9 Å². The molecule has 5 nitrogen and oxygen atoms in total. The summed E-state index contributed by atoms with van der Waals surface area (Å²) in [6.45, 7) is 4.41. The highest BCUT2D eigenvalue weighted by Crippen LogP contribution is 2.38. The lowest BCUT2D eigenvalue weighted by atomic mass is 10.1. The molecule has 1 aromatic heterocycles. The van der Waals surface area contributed by atoms with Crippen LogP contribution in [-0.2, 0) is 6.18 Å². The SMILES string of the molecule is CCCCCCOc1nc(C)c(-c2ccc(C(F)(F)F)cc2OC)nc1NC. The summed E-state index contributed by atoms with van der Waals surface area (Å²) < 4.78 is 49.9. The molecular formula is C20H26F3N3O2. The van der Waals surface area contributed by atoms with Gasteiger partial charge in [0.25, 0.3) is 5.88 Å². The van der Waals surface area contributed by atoms with E-state index in [9.17, 15) is 13.2 Å². The fourth-order valence-electron chi connectivity index (χ4n) is 2.78. The van der Waals surface area contributed by atoms with Gasteiger partial charge in [0, 0.05) is 12.6 Å². The van der Waals surface area contributed by atoms with Gasteiger partial charge in [-0.25, -0.2) is 9.97 Å². The highest BCUT2D eigenvalue weighted by Gasteiger charge is 2.31. The van der Waals surface area contributed by atoms with Crippen LogP contribution in [0.5, 0.6) is 11.6 Å². The van der Waals surface area contributed by atoms with Crippen molar-refractivity contribution < 1.29 is 22.6 Å². The van der Waals surface area contributed by atoms with Crippen molar-refractivity contribution in [3.05, 3.63) is 29.5 Å². The number of benzene rings is 1. The van der Waals surface area contributed by atoms with Gasteiger partial charge in [0.2, 0.25) is 0 Å². The zero-order valence-corrected chi connectivity index (χ0v) is 16.6. The minimum Gasteiger partial charge on any atom is -0.496 e. The van der Waals surface area contributed by atoms with Gasteiger partial charge in [-0.1, -0.05) is 26.2 Å². The van der Waals surface area contributed by atoms with Crippen LogP contribution in [0.15, 0.2) is 18.2 Å². The number of rotatable bonds is 9. The Kier molecular flexibility index (Phi) is 7.48. The van der Waals surface area contributed by atoms with Crippen molar-refractivity contribution in [3.8, 4) is 22.9 Å². The lowest BCUT2D eigenvalue weighted by Crippen LogP contribution is -2.08. The second-order valence-corrected chi connectivity index (χ2v) is 6.38. The van der Waals surface area contributed by atoms with Crippen LogP contribution in [0.4, 0.5) is 19.0 Å². The fourth-order valence-corrected chi connectivity index (χ4v) is 2.78. The molecule has 154 valence electrons. The Hall–Kier alpha value is -2.51. The van der Waals surface area contributed by atoms with Crippen molar-refractivity contribution in [2.45, 2.75) is 45.7 Å². The molecule has 0 aliphatic carbocycles. The van der Waals surface area contributed by atoms with Crippen LogP contribution >= 0.6 is 0 Å². The Morgan fingerprint density at radius 2 is 1.86 bits per heavy atom. The molecule has 2 aromatic rings. The van der Waals surface area contributed by atoms with Gasteiger partial charge in [0.05, 0.1) is 30.7 Å². The molecule has 0 fully saturated rings. The zero-order chi connectivity index (χ0) is 20.7. The summed E-state index contributed by atoms with van der Waals surface area (Å²) in [4.78, 5) is 8.98. The molecule has 1 heterocycles. The predicted octanol–water partition coefficient (Wildman–Crippen LogP) is 5.48. The number of halogens is 3. The van der Waals surface area contributed by atoms with Crippen LogP contribution in [-0.4, -0.2) is 30.7 Å². The van der Waals surface area contributed by atoms with E-state index < -0.39 is 11.7 Å². The van der Waals surface area contributed by atoms with E-state index in [2.05, 4.69) is 22.2 Å². The van der Waals surface area contributed by atoms with Gasteiger partial charge in [-0.3, -0.25) is 0 Å². The Labute approximate surface area is 163 Å². The molecule has 28 heavy (non-hydrogen) atoms. The maximum atomic E-state index is 13.0. The number of aryl methyl sites for hydroxylation is 1. The minimum absolute atomic E-state index is 0.0857. The van der Waals surface area contributed by atoms with Crippen molar-refractivity contribution >= 4 is 5.82 Å². The largest absolute Gasteiger partial charge is 0.496 e. The molecule has 0 bridgehead atoms. The van der Waals surface area contributed by atoms with E-state index in [0.29, 0.717) is 35.3 Å². The van der Waals surface area contributed by atoms with Gasteiger partial charge in [-0.15, -0.1) is 0 Å². The van der Waals surface area contributed by atoms with E-state index in [4.69, 9.17) is 9.47 Å². The standard InChI is InChI=1S/C20H26F3N3O2/c1-5-6-7-8-11-28-19-18(24-3)26-17(13(2)25-19)15-10-9-14(20(21,22)23)12-16(15)27-4/h9-10,12H,5-8,11H2,1-4H3,(H,24,26). The molecule has 0 radical (unpaired) electrons. The quantitative estimate of drug-likeness (QED) is 0.568. The summed E-state index contributed by atoms with van der Waals surface area (Å²) in [7, 11) is 3.02.